The first kappa shape index (κ1) is 13.6. The first-order chi connectivity index (χ1) is 7.97. The third-order valence-corrected chi connectivity index (χ3v) is 2.61. The van der Waals surface area contributed by atoms with Crippen LogP contribution < -0.4 is 5.32 Å². The molecule has 0 unspecified atom stereocenters. The number of hydrogen-bond acceptors (Lipinski definition) is 3. The molecule has 0 atom stereocenters. The number of nitrogens with one attached hydrogen (secondary N) is 1. The van der Waals surface area contributed by atoms with E-state index in [2.05, 4.69) is 11.9 Å². The van der Waals surface area contributed by atoms with Crippen LogP contribution in [-0.4, -0.2) is 28.4 Å². The van der Waals surface area contributed by atoms with Gasteiger partial charge in [0.25, 0.3) is 11.8 Å². The highest BCUT2D eigenvalue weighted by atomic mass is 32.1. The van der Waals surface area contributed by atoms with Gasteiger partial charge >= 0.3 is 0 Å². The van der Waals surface area contributed by atoms with E-state index >= 15 is 0 Å². The SMILES string of the molecule is C=CCN1C(=O)/C(=C/CC(C)C)C(=O)NC1=S. The average molecular weight is 252 g/mol. The summed E-state index contributed by atoms with van der Waals surface area (Å²) in [4.78, 5) is 25.0. The number of thiocarbonyl (C=S) groups is 1. The Morgan fingerprint density at radius 3 is 2.65 bits per heavy atom. The second-order valence-electron chi connectivity index (χ2n) is 4.21. The minimum atomic E-state index is -0.416. The van der Waals surface area contributed by atoms with Crippen molar-refractivity contribution in [2.75, 3.05) is 6.54 Å². The minimum absolute atomic E-state index is 0.140. The minimum Gasteiger partial charge on any atom is -0.298 e. The van der Waals surface area contributed by atoms with Crippen molar-refractivity contribution in [1.29, 1.82) is 0 Å². The maximum atomic E-state index is 12.0. The molecule has 2 amide bonds. The van der Waals surface area contributed by atoms with Gasteiger partial charge in [-0.1, -0.05) is 26.0 Å². The van der Waals surface area contributed by atoms with Crippen molar-refractivity contribution < 1.29 is 9.59 Å². The van der Waals surface area contributed by atoms with E-state index in [-0.39, 0.29) is 16.6 Å². The highest BCUT2D eigenvalue weighted by Gasteiger charge is 2.32. The van der Waals surface area contributed by atoms with Crippen molar-refractivity contribution in [3.8, 4) is 0 Å². The summed E-state index contributed by atoms with van der Waals surface area (Å²) >= 11 is 4.93. The number of carbonyl (C=O) groups is 2. The molecule has 1 rings (SSSR count). The van der Waals surface area contributed by atoms with Crippen LogP contribution in [0.3, 0.4) is 0 Å². The molecule has 0 spiro atoms. The largest absolute Gasteiger partial charge is 0.298 e. The van der Waals surface area contributed by atoms with Crippen molar-refractivity contribution in [3.63, 3.8) is 0 Å². The fraction of sp³-hybridized carbons (Fsp3) is 0.417. The van der Waals surface area contributed by atoms with Crippen LogP contribution in [0, 0.1) is 5.92 Å². The molecule has 1 heterocycles. The second-order valence-corrected chi connectivity index (χ2v) is 4.60. The Morgan fingerprint density at radius 1 is 1.47 bits per heavy atom. The van der Waals surface area contributed by atoms with E-state index < -0.39 is 5.91 Å². The van der Waals surface area contributed by atoms with Crippen molar-refractivity contribution in [1.82, 2.24) is 10.2 Å². The highest BCUT2D eigenvalue weighted by Crippen LogP contribution is 2.12. The third-order valence-electron chi connectivity index (χ3n) is 2.29. The molecular weight excluding hydrogens is 236 g/mol. The normalized spacial score (nSPS) is 18.9. The van der Waals surface area contributed by atoms with E-state index in [1.165, 1.54) is 4.90 Å². The number of carbonyl (C=O) groups excluding carboxylic acids is 2. The number of nitrogens with zero attached hydrogens (tertiary/aromatic N) is 1. The van der Waals surface area contributed by atoms with Crippen LogP contribution in [0.2, 0.25) is 0 Å². The summed E-state index contributed by atoms with van der Waals surface area (Å²) in [7, 11) is 0. The average Bonchev–Trinajstić information content (AvgIpc) is 2.23. The van der Waals surface area contributed by atoms with Crippen LogP contribution in [0.4, 0.5) is 0 Å². The summed E-state index contributed by atoms with van der Waals surface area (Å²) in [5.41, 5.74) is 0.161. The van der Waals surface area contributed by atoms with E-state index in [0.29, 0.717) is 18.9 Å². The zero-order chi connectivity index (χ0) is 13.0. The van der Waals surface area contributed by atoms with E-state index in [1.807, 2.05) is 13.8 Å². The Morgan fingerprint density at radius 2 is 2.12 bits per heavy atom. The Hall–Kier alpha value is -1.49. The lowest BCUT2D eigenvalue weighted by atomic mass is 10.1. The molecule has 1 fully saturated rings. The summed E-state index contributed by atoms with van der Waals surface area (Å²) < 4.78 is 0. The van der Waals surface area contributed by atoms with E-state index in [0.717, 1.165) is 0 Å². The van der Waals surface area contributed by atoms with Gasteiger partial charge in [0.2, 0.25) is 0 Å². The van der Waals surface area contributed by atoms with Gasteiger partial charge in [-0.2, -0.15) is 0 Å². The van der Waals surface area contributed by atoms with Gasteiger partial charge in [-0.05, 0) is 24.6 Å². The standard InChI is InChI=1S/C12H16N2O2S/c1-4-7-14-11(16)9(6-5-8(2)3)10(15)13-12(14)17/h4,6,8H,1,5,7H2,2-3H3,(H,13,15,17)/b9-6+. The van der Waals surface area contributed by atoms with E-state index in [1.54, 1.807) is 12.2 Å². The molecule has 1 aliphatic rings. The van der Waals surface area contributed by atoms with Gasteiger partial charge in [0, 0.05) is 6.54 Å². The summed E-state index contributed by atoms with van der Waals surface area (Å²) in [5, 5.41) is 2.64. The summed E-state index contributed by atoms with van der Waals surface area (Å²) in [6.07, 6.45) is 3.92. The first-order valence-corrected chi connectivity index (χ1v) is 5.86. The van der Waals surface area contributed by atoms with Crippen LogP contribution in [0.5, 0.6) is 0 Å². The molecular formula is C12H16N2O2S. The van der Waals surface area contributed by atoms with Gasteiger partial charge in [0.1, 0.15) is 5.57 Å². The van der Waals surface area contributed by atoms with Gasteiger partial charge in [-0.15, -0.1) is 6.58 Å². The molecule has 0 radical (unpaired) electrons. The zero-order valence-electron chi connectivity index (χ0n) is 10.0. The van der Waals surface area contributed by atoms with Gasteiger partial charge in [0.05, 0.1) is 0 Å². The summed E-state index contributed by atoms with van der Waals surface area (Å²) in [5.74, 6) is -0.370. The van der Waals surface area contributed by atoms with Gasteiger partial charge in [0.15, 0.2) is 5.11 Å². The molecule has 0 aliphatic carbocycles. The topological polar surface area (TPSA) is 49.4 Å². The monoisotopic (exact) mass is 252 g/mol. The Bertz CT molecular complexity index is 399. The lowest BCUT2D eigenvalue weighted by Gasteiger charge is -2.27. The molecule has 1 aliphatic heterocycles. The smallest absolute Gasteiger partial charge is 0.265 e. The molecule has 0 aromatic rings. The molecule has 1 N–H and O–H groups in total. The van der Waals surface area contributed by atoms with Crippen molar-refractivity contribution in [3.05, 3.63) is 24.3 Å². The molecule has 0 aromatic carbocycles. The molecule has 5 heteroatoms. The Balaban J connectivity index is 2.93. The highest BCUT2D eigenvalue weighted by molar-refractivity contribution is 7.80. The maximum absolute atomic E-state index is 12.0. The van der Waals surface area contributed by atoms with Gasteiger partial charge in [-0.25, -0.2) is 0 Å². The molecule has 0 bridgehead atoms. The Labute approximate surface area is 106 Å². The lowest BCUT2D eigenvalue weighted by Crippen LogP contribution is -2.53. The fourth-order valence-electron chi connectivity index (χ4n) is 1.40. The zero-order valence-corrected chi connectivity index (χ0v) is 10.8. The van der Waals surface area contributed by atoms with Crippen LogP contribution in [0.15, 0.2) is 24.3 Å². The van der Waals surface area contributed by atoms with Crippen LogP contribution in [-0.2, 0) is 9.59 Å². The van der Waals surface area contributed by atoms with Crippen molar-refractivity contribution in [2.24, 2.45) is 5.92 Å². The lowest BCUT2D eigenvalue weighted by molar-refractivity contribution is -0.128. The van der Waals surface area contributed by atoms with Gasteiger partial charge < -0.3 is 0 Å². The number of rotatable bonds is 4. The predicted molar refractivity (Wildman–Crippen MR) is 70.2 cm³/mol. The molecule has 17 heavy (non-hydrogen) atoms. The molecule has 92 valence electrons. The summed E-state index contributed by atoms with van der Waals surface area (Å²) in [6, 6.07) is 0. The van der Waals surface area contributed by atoms with Crippen LogP contribution in [0.25, 0.3) is 0 Å². The maximum Gasteiger partial charge on any atom is 0.265 e. The number of hydrogen-bond donors (Lipinski definition) is 1. The van der Waals surface area contributed by atoms with E-state index in [4.69, 9.17) is 12.2 Å². The van der Waals surface area contributed by atoms with Gasteiger partial charge in [-0.3, -0.25) is 19.8 Å². The quantitative estimate of drug-likeness (QED) is 0.356. The molecule has 1 saturated heterocycles. The van der Waals surface area contributed by atoms with Crippen LogP contribution in [0.1, 0.15) is 20.3 Å². The third kappa shape index (κ3) is 3.23. The van der Waals surface area contributed by atoms with Crippen molar-refractivity contribution >= 4 is 29.1 Å². The van der Waals surface area contributed by atoms with Crippen LogP contribution >= 0.6 is 12.2 Å². The fourth-order valence-corrected chi connectivity index (χ4v) is 1.65. The number of allylic oxidation sites excluding steroid dienone is 1. The molecule has 0 saturated carbocycles. The van der Waals surface area contributed by atoms with E-state index in [9.17, 15) is 9.59 Å². The molecule has 0 aromatic heterocycles. The van der Waals surface area contributed by atoms with Crippen molar-refractivity contribution in [2.45, 2.75) is 20.3 Å². The second kappa shape index (κ2) is 5.72. The summed E-state index contributed by atoms with van der Waals surface area (Å²) in [6.45, 7) is 7.90. The first-order valence-electron chi connectivity index (χ1n) is 5.45. The molecule has 4 nitrogen and oxygen atoms in total. The number of amides is 2. The Kier molecular flexibility index (Phi) is 4.57. The predicted octanol–water partition coefficient (Wildman–Crippen LogP) is 1.39.